The van der Waals surface area contributed by atoms with Crippen LogP contribution in [0.3, 0.4) is 0 Å². The molecule has 1 aliphatic rings. The third-order valence-corrected chi connectivity index (χ3v) is 2.99. The van der Waals surface area contributed by atoms with Crippen molar-refractivity contribution in [2.24, 2.45) is 17.8 Å². The molecule has 0 bridgehead atoms. The fraction of sp³-hybridized carbons (Fsp3) is 1.00. The van der Waals surface area contributed by atoms with Gasteiger partial charge in [0, 0.05) is 0 Å². The molecule has 1 nitrogen and oxygen atoms in total. The molecule has 0 aromatic carbocycles. The zero-order valence-electron chi connectivity index (χ0n) is 7.88. The molecule has 3 atom stereocenters. The van der Waals surface area contributed by atoms with E-state index in [9.17, 15) is 5.11 Å². The van der Waals surface area contributed by atoms with Crippen LogP contribution >= 0.6 is 0 Å². The Bertz CT molecular complexity index is 120. The first-order valence-electron chi connectivity index (χ1n) is 4.79. The minimum absolute atomic E-state index is 0.0289. The molecule has 0 aliphatic heterocycles. The van der Waals surface area contributed by atoms with Crippen LogP contribution in [0.4, 0.5) is 0 Å². The maximum Gasteiger partial charge on any atom is 0.0573 e. The molecule has 0 spiro atoms. The van der Waals surface area contributed by atoms with Gasteiger partial charge in [0.1, 0.15) is 0 Å². The summed E-state index contributed by atoms with van der Waals surface area (Å²) in [5.41, 5.74) is 0. The number of aliphatic hydroxyl groups excluding tert-OH is 1. The van der Waals surface area contributed by atoms with Crippen molar-refractivity contribution in [1.29, 1.82) is 0 Å². The van der Waals surface area contributed by atoms with Crippen LogP contribution in [0.5, 0.6) is 0 Å². The fourth-order valence-electron chi connectivity index (χ4n) is 2.15. The minimum Gasteiger partial charge on any atom is -0.393 e. The van der Waals surface area contributed by atoms with Gasteiger partial charge in [-0.25, -0.2) is 0 Å². The minimum atomic E-state index is -0.0289. The highest BCUT2D eigenvalue weighted by Gasteiger charge is 2.28. The summed E-state index contributed by atoms with van der Waals surface area (Å²) in [6.07, 6.45) is 3.52. The van der Waals surface area contributed by atoms with Crippen molar-refractivity contribution in [3.8, 4) is 0 Å². The predicted octanol–water partition coefficient (Wildman–Crippen LogP) is 2.44. The Labute approximate surface area is 69.8 Å². The molecule has 1 N–H and O–H groups in total. The van der Waals surface area contributed by atoms with E-state index in [-0.39, 0.29) is 6.10 Å². The summed E-state index contributed by atoms with van der Waals surface area (Å²) in [6, 6.07) is 0. The molecule has 0 aromatic heterocycles. The molecule has 1 aliphatic carbocycles. The quantitative estimate of drug-likeness (QED) is 0.618. The lowest BCUT2D eigenvalue weighted by Crippen LogP contribution is -2.31. The predicted molar refractivity (Wildman–Crippen MR) is 47.3 cm³/mol. The molecule has 0 radical (unpaired) electrons. The van der Waals surface area contributed by atoms with Crippen LogP contribution in [0.25, 0.3) is 0 Å². The van der Waals surface area contributed by atoms with E-state index in [0.717, 1.165) is 12.3 Å². The van der Waals surface area contributed by atoms with Gasteiger partial charge in [-0.2, -0.15) is 0 Å². The normalized spacial score (nSPS) is 39.5. The van der Waals surface area contributed by atoms with Crippen molar-refractivity contribution in [3.05, 3.63) is 0 Å². The highest BCUT2D eigenvalue weighted by Crippen LogP contribution is 2.33. The second-order valence-electron chi connectivity index (χ2n) is 4.39. The monoisotopic (exact) mass is 156 g/mol. The Morgan fingerprint density at radius 3 is 2.36 bits per heavy atom. The van der Waals surface area contributed by atoms with E-state index in [1.165, 1.54) is 12.8 Å². The average molecular weight is 156 g/mol. The first-order chi connectivity index (χ1) is 5.11. The van der Waals surface area contributed by atoms with E-state index in [1.807, 2.05) is 0 Å². The summed E-state index contributed by atoms with van der Waals surface area (Å²) in [5, 5.41) is 9.71. The van der Waals surface area contributed by atoms with Gasteiger partial charge in [0.25, 0.3) is 0 Å². The third-order valence-electron chi connectivity index (χ3n) is 2.99. The highest BCUT2D eigenvalue weighted by molar-refractivity contribution is 4.79. The molecule has 11 heavy (non-hydrogen) atoms. The molecule has 1 fully saturated rings. The maximum absolute atomic E-state index is 9.71. The average Bonchev–Trinajstić information content (AvgIpc) is 1.85. The van der Waals surface area contributed by atoms with Gasteiger partial charge < -0.3 is 5.11 Å². The SMILES string of the molecule is CC(C)[C@@H]1CC[C@H](C)C[C@@H]1O. The fourth-order valence-corrected chi connectivity index (χ4v) is 2.15. The van der Waals surface area contributed by atoms with Gasteiger partial charge in [-0.3, -0.25) is 0 Å². The van der Waals surface area contributed by atoms with E-state index in [0.29, 0.717) is 11.8 Å². The van der Waals surface area contributed by atoms with Crippen molar-refractivity contribution in [1.82, 2.24) is 0 Å². The van der Waals surface area contributed by atoms with Crippen LogP contribution in [0.2, 0.25) is 0 Å². The molecule has 0 saturated heterocycles. The van der Waals surface area contributed by atoms with E-state index < -0.39 is 0 Å². The van der Waals surface area contributed by atoms with Crippen molar-refractivity contribution in [2.45, 2.75) is 46.1 Å². The maximum atomic E-state index is 9.71. The van der Waals surface area contributed by atoms with Crippen molar-refractivity contribution >= 4 is 0 Å². The Morgan fingerprint density at radius 1 is 1.27 bits per heavy atom. The van der Waals surface area contributed by atoms with E-state index in [1.54, 1.807) is 0 Å². The number of rotatable bonds is 1. The Hall–Kier alpha value is -0.0400. The molecule has 1 rings (SSSR count). The Morgan fingerprint density at radius 2 is 1.91 bits per heavy atom. The second kappa shape index (κ2) is 3.57. The standard InChI is InChI=1S/C10H20O/c1-7(2)9-5-4-8(3)6-10(9)11/h7-11H,4-6H2,1-3H3/t8-,9-,10-/m0/s1. The van der Waals surface area contributed by atoms with Gasteiger partial charge >= 0.3 is 0 Å². The largest absolute Gasteiger partial charge is 0.393 e. The summed E-state index contributed by atoms with van der Waals surface area (Å²) in [7, 11) is 0. The molecule has 1 heteroatoms. The van der Waals surface area contributed by atoms with Gasteiger partial charge in [0.15, 0.2) is 0 Å². The van der Waals surface area contributed by atoms with Crippen LogP contribution < -0.4 is 0 Å². The summed E-state index contributed by atoms with van der Waals surface area (Å²) in [6.45, 7) is 6.66. The first kappa shape index (κ1) is 9.05. The van der Waals surface area contributed by atoms with Crippen molar-refractivity contribution in [3.63, 3.8) is 0 Å². The number of hydrogen-bond acceptors (Lipinski definition) is 1. The summed E-state index contributed by atoms with van der Waals surface area (Å²) in [4.78, 5) is 0. The van der Waals surface area contributed by atoms with Gasteiger partial charge in [0.05, 0.1) is 6.10 Å². The summed E-state index contributed by atoms with van der Waals surface area (Å²) in [5.74, 6) is 1.95. The number of hydrogen-bond donors (Lipinski definition) is 1. The van der Waals surface area contributed by atoms with Crippen LogP contribution in [-0.4, -0.2) is 11.2 Å². The number of aliphatic hydroxyl groups is 1. The Balaban J connectivity index is 2.44. The zero-order chi connectivity index (χ0) is 8.43. The van der Waals surface area contributed by atoms with E-state index >= 15 is 0 Å². The van der Waals surface area contributed by atoms with Gasteiger partial charge in [-0.05, 0) is 30.6 Å². The molecule has 0 heterocycles. The molecule has 0 unspecified atom stereocenters. The first-order valence-corrected chi connectivity index (χ1v) is 4.79. The molecular formula is C10H20O. The third kappa shape index (κ3) is 2.19. The summed E-state index contributed by atoms with van der Waals surface area (Å²) >= 11 is 0. The molecule has 1 saturated carbocycles. The molecular weight excluding hydrogens is 136 g/mol. The van der Waals surface area contributed by atoms with Gasteiger partial charge in [-0.15, -0.1) is 0 Å². The topological polar surface area (TPSA) is 20.2 Å². The molecule has 0 aromatic rings. The molecule has 0 amide bonds. The van der Waals surface area contributed by atoms with Crippen LogP contribution in [0, 0.1) is 17.8 Å². The smallest absolute Gasteiger partial charge is 0.0573 e. The van der Waals surface area contributed by atoms with E-state index in [4.69, 9.17) is 0 Å². The lowest BCUT2D eigenvalue weighted by Gasteiger charge is -2.33. The van der Waals surface area contributed by atoms with Crippen molar-refractivity contribution < 1.29 is 5.11 Å². The lowest BCUT2D eigenvalue weighted by atomic mass is 9.75. The van der Waals surface area contributed by atoms with Crippen LogP contribution in [0.15, 0.2) is 0 Å². The highest BCUT2D eigenvalue weighted by atomic mass is 16.3. The van der Waals surface area contributed by atoms with Gasteiger partial charge in [0.2, 0.25) is 0 Å². The zero-order valence-corrected chi connectivity index (χ0v) is 7.88. The van der Waals surface area contributed by atoms with Crippen LogP contribution in [-0.2, 0) is 0 Å². The lowest BCUT2D eigenvalue weighted by molar-refractivity contribution is 0.0266. The van der Waals surface area contributed by atoms with Crippen molar-refractivity contribution in [2.75, 3.05) is 0 Å². The Kier molecular flexibility index (Phi) is 2.94. The second-order valence-corrected chi connectivity index (χ2v) is 4.39. The van der Waals surface area contributed by atoms with Gasteiger partial charge in [-0.1, -0.05) is 27.2 Å². The summed E-state index contributed by atoms with van der Waals surface area (Å²) < 4.78 is 0. The van der Waals surface area contributed by atoms with E-state index in [2.05, 4.69) is 20.8 Å². The molecule has 66 valence electrons. The van der Waals surface area contributed by atoms with Crippen LogP contribution in [0.1, 0.15) is 40.0 Å².